The molecule has 27 heavy (non-hydrogen) atoms. The minimum absolute atomic E-state index is 0.0572. The molecule has 0 saturated carbocycles. The molecular weight excluding hydrogens is 374 g/mol. The van der Waals surface area contributed by atoms with Crippen LogP contribution in [0.5, 0.6) is 0 Å². The SMILES string of the molecule is CN(C)C(=O)C1CCCN1CCCNS(=O)(=O)c1cn(C)c(=O)n(C)c1=O. The zero-order chi connectivity index (χ0) is 20.4. The molecule has 0 aromatic carbocycles. The van der Waals surface area contributed by atoms with E-state index in [1.807, 2.05) is 0 Å². The number of aryl methyl sites for hydroxylation is 1. The van der Waals surface area contributed by atoms with Crippen molar-refractivity contribution in [2.45, 2.75) is 30.2 Å². The van der Waals surface area contributed by atoms with Gasteiger partial charge in [-0.05, 0) is 25.8 Å². The molecule has 1 unspecified atom stereocenters. The number of likely N-dealkylation sites (tertiary alicyclic amines) is 1. The molecule has 1 N–H and O–H groups in total. The maximum Gasteiger partial charge on any atom is 0.330 e. The van der Waals surface area contributed by atoms with Gasteiger partial charge < -0.3 is 9.47 Å². The van der Waals surface area contributed by atoms with E-state index in [9.17, 15) is 22.8 Å². The van der Waals surface area contributed by atoms with E-state index in [1.165, 1.54) is 14.1 Å². The van der Waals surface area contributed by atoms with Crippen molar-refractivity contribution in [3.05, 3.63) is 27.0 Å². The number of hydrogen-bond acceptors (Lipinski definition) is 6. The molecular formula is C16H27N5O5S. The van der Waals surface area contributed by atoms with Crippen LogP contribution in [0.3, 0.4) is 0 Å². The van der Waals surface area contributed by atoms with E-state index in [0.29, 0.717) is 13.0 Å². The Morgan fingerprint density at radius 2 is 1.96 bits per heavy atom. The zero-order valence-corrected chi connectivity index (χ0v) is 17.0. The van der Waals surface area contributed by atoms with Crippen molar-refractivity contribution in [1.29, 1.82) is 0 Å². The summed E-state index contributed by atoms with van der Waals surface area (Å²) in [5.74, 6) is 0.0572. The normalized spacial score (nSPS) is 18.0. The van der Waals surface area contributed by atoms with E-state index in [4.69, 9.17) is 0 Å². The first-order valence-corrected chi connectivity index (χ1v) is 10.3. The number of nitrogens with one attached hydrogen (secondary N) is 1. The second-order valence-electron chi connectivity index (χ2n) is 6.93. The predicted molar refractivity (Wildman–Crippen MR) is 100 cm³/mol. The maximum atomic E-state index is 12.4. The number of rotatable bonds is 7. The summed E-state index contributed by atoms with van der Waals surface area (Å²) >= 11 is 0. The lowest BCUT2D eigenvalue weighted by molar-refractivity contribution is -0.133. The van der Waals surface area contributed by atoms with Crippen LogP contribution in [0, 0.1) is 0 Å². The molecule has 152 valence electrons. The van der Waals surface area contributed by atoms with Crippen LogP contribution in [-0.4, -0.2) is 73.0 Å². The Labute approximate surface area is 158 Å². The molecule has 2 heterocycles. The first-order valence-electron chi connectivity index (χ1n) is 8.78. The van der Waals surface area contributed by atoms with Gasteiger partial charge in [-0.2, -0.15) is 0 Å². The van der Waals surface area contributed by atoms with Crippen molar-refractivity contribution >= 4 is 15.9 Å². The van der Waals surface area contributed by atoms with E-state index in [0.717, 1.165) is 34.7 Å². The highest BCUT2D eigenvalue weighted by Gasteiger charge is 2.31. The average Bonchev–Trinajstić information content (AvgIpc) is 3.07. The van der Waals surface area contributed by atoms with Gasteiger partial charge in [0.05, 0.1) is 6.04 Å². The molecule has 1 amide bonds. The van der Waals surface area contributed by atoms with Gasteiger partial charge in [0.15, 0.2) is 4.90 Å². The molecule has 0 bridgehead atoms. The Hall–Kier alpha value is -1.98. The summed E-state index contributed by atoms with van der Waals surface area (Å²) in [4.78, 5) is 39.1. The molecule has 1 atom stereocenters. The quantitative estimate of drug-likeness (QED) is 0.545. The van der Waals surface area contributed by atoms with E-state index in [1.54, 1.807) is 19.0 Å². The molecule has 11 heteroatoms. The minimum atomic E-state index is -4.03. The van der Waals surface area contributed by atoms with E-state index < -0.39 is 26.2 Å². The number of carbonyl (C=O) groups is 1. The highest BCUT2D eigenvalue weighted by molar-refractivity contribution is 7.89. The van der Waals surface area contributed by atoms with Gasteiger partial charge in [-0.25, -0.2) is 17.9 Å². The summed E-state index contributed by atoms with van der Waals surface area (Å²) in [5, 5.41) is 0. The van der Waals surface area contributed by atoms with Crippen LogP contribution in [0.15, 0.2) is 20.7 Å². The van der Waals surface area contributed by atoms with Crippen molar-refractivity contribution in [1.82, 2.24) is 23.7 Å². The van der Waals surface area contributed by atoms with Crippen LogP contribution < -0.4 is 16.0 Å². The number of sulfonamides is 1. The standard InChI is InChI=1S/C16H27N5O5S/c1-18(2)14(22)12-7-5-9-21(12)10-6-8-17-27(25,26)13-11-19(3)16(24)20(4)15(13)23/h11-12,17H,5-10H2,1-4H3. The van der Waals surface area contributed by atoms with Gasteiger partial charge in [-0.3, -0.25) is 19.1 Å². The lowest BCUT2D eigenvalue weighted by Crippen LogP contribution is -2.44. The van der Waals surface area contributed by atoms with Crippen LogP contribution in [0.2, 0.25) is 0 Å². The monoisotopic (exact) mass is 401 g/mol. The second kappa shape index (κ2) is 8.36. The van der Waals surface area contributed by atoms with Gasteiger partial charge in [0.2, 0.25) is 15.9 Å². The van der Waals surface area contributed by atoms with Gasteiger partial charge in [0.1, 0.15) is 0 Å². The number of hydrogen-bond donors (Lipinski definition) is 1. The Morgan fingerprint density at radius 1 is 1.30 bits per heavy atom. The van der Waals surface area contributed by atoms with Gasteiger partial charge in [-0.15, -0.1) is 0 Å². The molecule has 1 aromatic rings. The smallest absolute Gasteiger partial charge is 0.330 e. The Morgan fingerprint density at radius 3 is 2.59 bits per heavy atom. The molecule has 1 aliphatic heterocycles. The van der Waals surface area contributed by atoms with E-state index >= 15 is 0 Å². The second-order valence-corrected chi connectivity index (χ2v) is 8.66. The number of carbonyl (C=O) groups excluding carboxylic acids is 1. The highest BCUT2D eigenvalue weighted by Crippen LogP contribution is 2.18. The van der Waals surface area contributed by atoms with E-state index in [2.05, 4.69) is 9.62 Å². The third-order valence-electron chi connectivity index (χ3n) is 4.71. The van der Waals surface area contributed by atoms with Gasteiger partial charge in [-0.1, -0.05) is 0 Å². The van der Waals surface area contributed by atoms with Gasteiger partial charge >= 0.3 is 5.69 Å². The van der Waals surface area contributed by atoms with Crippen molar-refractivity contribution < 1.29 is 13.2 Å². The fraction of sp³-hybridized carbons (Fsp3) is 0.688. The van der Waals surface area contributed by atoms with Gasteiger partial charge in [0, 0.05) is 47.5 Å². The van der Waals surface area contributed by atoms with Crippen LogP contribution >= 0.6 is 0 Å². The summed E-state index contributed by atoms with van der Waals surface area (Å²) in [6.45, 7) is 1.52. The third kappa shape index (κ3) is 4.66. The molecule has 1 saturated heterocycles. The van der Waals surface area contributed by atoms with Crippen molar-refractivity contribution in [3.63, 3.8) is 0 Å². The molecule has 1 aliphatic rings. The summed E-state index contributed by atoms with van der Waals surface area (Å²) in [6, 6.07) is -0.160. The first-order chi connectivity index (χ1) is 12.6. The third-order valence-corrected chi connectivity index (χ3v) is 6.15. The van der Waals surface area contributed by atoms with Crippen LogP contribution in [0.1, 0.15) is 19.3 Å². The summed E-state index contributed by atoms with van der Waals surface area (Å²) in [5.41, 5.74) is -1.45. The van der Waals surface area contributed by atoms with Crippen LogP contribution in [0.25, 0.3) is 0 Å². The largest absolute Gasteiger partial charge is 0.347 e. The Balaban J connectivity index is 1.98. The predicted octanol–water partition coefficient (Wildman–Crippen LogP) is -1.69. The topological polar surface area (TPSA) is 114 Å². The molecule has 10 nitrogen and oxygen atoms in total. The molecule has 1 aromatic heterocycles. The summed E-state index contributed by atoms with van der Waals surface area (Å²) in [7, 11) is 2.04. The van der Waals surface area contributed by atoms with Crippen molar-refractivity contribution in [2.24, 2.45) is 14.1 Å². The first kappa shape index (κ1) is 21.3. The Bertz CT molecular complexity index is 918. The highest BCUT2D eigenvalue weighted by atomic mass is 32.2. The number of likely N-dealkylation sites (N-methyl/N-ethyl adjacent to an activating group) is 1. The minimum Gasteiger partial charge on any atom is -0.347 e. The molecule has 0 spiro atoms. The van der Waals surface area contributed by atoms with Crippen molar-refractivity contribution in [2.75, 3.05) is 33.7 Å². The lowest BCUT2D eigenvalue weighted by Gasteiger charge is -2.26. The average molecular weight is 401 g/mol. The van der Waals surface area contributed by atoms with Crippen LogP contribution in [-0.2, 0) is 28.9 Å². The van der Waals surface area contributed by atoms with E-state index in [-0.39, 0.29) is 18.5 Å². The molecule has 0 radical (unpaired) electrons. The number of aromatic nitrogens is 2. The maximum absolute atomic E-state index is 12.4. The number of nitrogens with zero attached hydrogens (tertiary/aromatic N) is 4. The zero-order valence-electron chi connectivity index (χ0n) is 16.1. The fourth-order valence-corrected chi connectivity index (χ4v) is 4.43. The van der Waals surface area contributed by atoms with Crippen LogP contribution in [0.4, 0.5) is 0 Å². The molecule has 2 rings (SSSR count). The number of amides is 1. The summed E-state index contributed by atoms with van der Waals surface area (Å²) < 4.78 is 29.0. The van der Waals surface area contributed by atoms with Crippen molar-refractivity contribution in [3.8, 4) is 0 Å². The lowest BCUT2D eigenvalue weighted by atomic mass is 10.2. The molecule has 0 aliphatic carbocycles. The van der Waals surface area contributed by atoms with Gasteiger partial charge in [0.25, 0.3) is 5.56 Å². The molecule has 1 fully saturated rings. The summed E-state index contributed by atoms with van der Waals surface area (Å²) in [6.07, 6.45) is 3.27. The Kier molecular flexibility index (Phi) is 6.60. The fourth-order valence-electron chi connectivity index (χ4n) is 3.20.